The molecule has 3 heteroatoms. The molecule has 1 saturated heterocycles. The Morgan fingerprint density at radius 2 is 1.82 bits per heavy atom. The number of aryl methyl sites for hydroxylation is 2. The molecule has 94 valence electrons. The van der Waals surface area contributed by atoms with E-state index in [1.807, 2.05) is 0 Å². The lowest BCUT2D eigenvalue weighted by atomic mass is 10.0. The van der Waals surface area contributed by atoms with E-state index in [1.54, 1.807) is 0 Å². The molecule has 0 amide bonds. The van der Waals surface area contributed by atoms with Gasteiger partial charge in [-0.2, -0.15) is 0 Å². The van der Waals surface area contributed by atoms with Crippen LogP contribution in [0, 0.1) is 13.8 Å². The Labute approximate surface area is 112 Å². The lowest BCUT2D eigenvalue weighted by Crippen LogP contribution is -2.34. The summed E-state index contributed by atoms with van der Waals surface area (Å²) in [6, 6.07) is 4.99. The van der Waals surface area contributed by atoms with Gasteiger partial charge in [-0.15, -0.1) is 0 Å². The van der Waals surface area contributed by atoms with Crippen LogP contribution in [0.1, 0.15) is 29.5 Å². The maximum atomic E-state index is 5.37. The average molecular weight is 298 g/mol. The van der Waals surface area contributed by atoms with Gasteiger partial charge < -0.3 is 10.1 Å². The third kappa shape index (κ3) is 3.54. The molecule has 1 heterocycles. The van der Waals surface area contributed by atoms with Crippen molar-refractivity contribution in [3.05, 3.63) is 33.3 Å². The predicted octanol–water partition coefficient (Wildman–Crippen LogP) is 3.33. The first kappa shape index (κ1) is 13.1. The van der Waals surface area contributed by atoms with Crippen molar-refractivity contribution in [1.82, 2.24) is 5.32 Å². The third-order valence-electron chi connectivity index (χ3n) is 3.45. The summed E-state index contributed by atoms with van der Waals surface area (Å²) in [7, 11) is 0. The van der Waals surface area contributed by atoms with Crippen molar-refractivity contribution in [3.8, 4) is 0 Å². The molecule has 1 aliphatic rings. The molecular formula is C14H20BrNO. The van der Waals surface area contributed by atoms with E-state index in [-0.39, 0.29) is 0 Å². The molecule has 0 bridgehead atoms. The molecule has 0 radical (unpaired) electrons. The number of nitrogens with one attached hydrogen (secondary N) is 1. The van der Waals surface area contributed by atoms with Crippen molar-refractivity contribution in [2.24, 2.45) is 0 Å². The highest BCUT2D eigenvalue weighted by molar-refractivity contribution is 9.10. The minimum absolute atomic E-state index is 0.617. The molecule has 2 rings (SSSR count). The number of ether oxygens (including phenoxy) is 1. The smallest absolute Gasteiger partial charge is 0.0480 e. The molecule has 0 aromatic heterocycles. The van der Waals surface area contributed by atoms with Crippen LogP contribution in [0.3, 0.4) is 0 Å². The van der Waals surface area contributed by atoms with E-state index in [0.717, 1.165) is 32.6 Å². The number of halogens is 1. The highest BCUT2D eigenvalue weighted by atomic mass is 79.9. The lowest BCUT2D eigenvalue weighted by molar-refractivity contribution is 0.0776. The van der Waals surface area contributed by atoms with Crippen molar-refractivity contribution in [2.75, 3.05) is 13.2 Å². The van der Waals surface area contributed by atoms with Crippen LogP contribution < -0.4 is 5.32 Å². The molecule has 0 unspecified atom stereocenters. The Hall–Kier alpha value is -0.380. The molecule has 2 nitrogen and oxygen atoms in total. The largest absolute Gasteiger partial charge is 0.381 e. The monoisotopic (exact) mass is 297 g/mol. The van der Waals surface area contributed by atoms with E-state index in [0.29, 0.717) is 6.04 Å². The molecule has 1 aliphatic heterocycles. The standard InChI is InChI=1S/C14H20BrNO/c1-10-7-12(15)8-11(2)14(10)9-16-13-3-5-17-6-4-13/h7-8,13,16H,3-6,9H2,1-2H3. The van der Waals surface area contributed by atoms with Gasteiger partial charge in [-0.25, -0.2) is 0 Å². The summed E-state index contributed by atoms with van der Waals surface area (Å²) in [5, 5.41) is 3.64. The first-order chi connectivity index (χ1) is 8.16. The maximum absolute atomic E-state index is 5.37. The summed E-state index contributed by atoms with van der Waals surface area (Å²) in [5.41, 5.74) is 4.15. The Morgan fingerprint density at radius 1 is 1.24 bits per heavy atom. The van der Waals surface area contributed by atoms with E-state index < -0.39 is 0 Å². The van der Waals surface area contributed by atoms with Crippen molar-refractivity contribution in [2.45, 2.75) is 39.3 Å². The summed E-state index contributed by atoms with van der Waals surface area (Å²) < 4.78 is 6.54. The molecule has 17 heavy (non-hydrogen) atoms. The summed E-state index contributed by atoms with van der Waals surface area (Å²) >= 11 is 3.54. The van der Waals surface area contributed by atoms with Crippen molar-refractivity contribution in [3.63, 3.8) is 0 Å². The maximum Gasteiger partial charge on any atom is 0.0480 e. The van der Waals surface area contributed by atoms with E-state index in [9.17, 15) is 0 Å². The normalized spacial score (nSPS) is 17.4. The first-order valence-electron chi connectivity index (χ1n) is 6.23. The van der Waals surface area contributed by atoms with Gasteiger partial charge in [-0.1, -0.05) is 15.9 Å². The van der Waals surface area contributed by atoms with Crippen LogP contribution in [0.25, 0.3) is 0 Å². The van der Waals surface area contributed by atoms with Crippen LogP contribution in [0.2, 0.25) is 0 Å². The lowest BCUT2D eigenvalue weighted by Gasteiger charge is -2.24. The third-order valence-corrected chi connectivity index (χ3v) is 3.91. The van der Waals surface area contributed by atoms with Gasteiger partial charge in [-0.05, 0) is 55.5 Å². The topological polar surface area (TPSA) is 21.3 Å². The fraction of sp³-hybridized carbons (Fsp3) is 0.571. The van der Waals surface area contributed by atoms with Gasteiger partial charge in [0.1, 0.15) is 0 Å². The van der Waals surface area contributed by atoms with Crippen LogP contribution in [0.4, 0.5) is 0 Å². The average Bonchev–Trinajstić information content (AvgIpc) is 2.29. The number of hydrogen-bond acceptors (Lipinski definition) is 2. The first-order valence-corrected chi connectivity index (χ1v) is 7.03. The second-order valence-corrected chi connectivity index (χ2v) is 5.70. The number of hydrogen-bond donors (Lipinski definition) is 1. The van der Waals surface area contributed by atoms with Crippen molar-refractivity contribution < 1.29 is 4.74 Å². The minimum atomic E-state index is 0.617. The van der Waals surface area contributed by atoms with Gasteiger partial charge in [0.25, 0.3) is 0 Å². The van der Waals surface area contributed by atoms with Crippen LogP contribution in [-0.2, 0) is 11.3 Å². The fourth-order valence-electron chi connectivity index (χ4n) is 2.37. The molecule has 0 spiro atoms. The fourth-order valence-corrected chi connectivity index (χ4v) is 3.05. The van der Waals surface area contributed by atoms with Gasteiger partial charge in [0.05, 0.1) is 0 Å². The second kappa shape index (κ2) is 5.98. The summed E-state index contributed by atoms with van der Waals surface area (Å²) in [6.45, 7) is 7.12. The SMILES string of the molecule is Cc1cc(Br)cc(C)c1CNC1CCOCC1. The van der Waals surface area contributed by atoms with Crippen LogP contribution >= 0.6 is 15.9 Å². The molecule has 0 aliphatic carbocycles. The zero-order chi connectivity index (χ0) is 12.3. The predicted molar refractivity (Wildman–Crippen MR) is 74.3 cm³/mol. The highest BCUT2D eigenvalue weighted by Crippen LogP contribution is 2.21. The molecule has 1 aromatic carbocycles. The Balaban J connectivity index is 1.98. The molecule has 0 atom stereocenters. The van der Waals surface area contributed by atoms with E-state index >= 15 is 0 Å². The number of rotatable bonds is 3. The molecule has 1 aromatic rings. The summed E-state index contributed by atoms with van der Waals surface area (Å²) in [5.74, 6) is 0. The Bertz CT molecular complexity index is 363. The van der Waals surface area contributed by atoms with Crippen LogP contribution in [0.15, 0.2) is 16.6 Å². The van der Waals surface area contributed by atoms with Gasteiger partial charge in [-0.3, -0.25) is 0 Å². The van der Waals surface area contributed by atoms with Gasteiger partial charge in [0.2, 0.25) is 0 Å². The van der Waals surface area contributed by atoms with Crippen LogP contribution in [-0.4, -0.2) is 19.3 Å². The summed E-state index contributed by atoms with van der Waals surface area (Å²) in [4.78, 5) is 0. The van der Waals surface area contributed by atoms with Gasteiger partial charge in [0.15, 0.2) is 0 Å². The quantitative estimate of drug-likeness (QED) is 0.924. The highest BCUT2D eigenvalue weighted by Gasteiger charge is 2.13. The zero-order valence-corrected chi connectivity index (χ0v) is 12.1. The van der Waals surface area contributed by atoms with Gasteiger partial charge >= 0.3 is 0 Å². The molecule has 1 N–H and O–H groups in total. The zero-order valence-electron chi connectivity index (χ0n) is 10.6. The molecule has 1 fully saturated rings. The Kier molecular flexibility index (Phi) is 4.60. The summed E-state index contributed by atoms with van der Waals surface area (Å²) in [6.07, 6.45) is 2.27. The van der Waals surface area contributed by atoms with E-state index in [4.69, 9.17) is 4.74 Å². The minimum Gasteiger partial charge on any atom is -0.381 e. The number of benzene rings is 1. The van der Waals surface area contributed by atoms with E-state index in [1.165, 1.54) is 21.2 Å². The van der Waals surface area contributed by atoms with Gasteiger partial charge in [0, 0.05) is 30.3 Å². The molecule has 0 saturated carbocycles. The van der Waals surface area contributed by atoms with Crippen molar-refractivity contribution in [1.29, 1.82) is 0 Å². The Morgan fingerprint density at radius 3 is 2.41 bits per heavy atom. The second-order valence-electron chi connectivity index (χ2n) is 4.79. The van der Waals surface area contributed by atoms with Crippen LogP contribution in [0.5, 0.6) is 0 Å². The molecular weight excluding hydrogens is 278 g/mol. The van der Waals surface area contributed by atoms with E-state index in [2.05, 4.69) is 47.2 Å². The van der Waals surface area contributed by atoms with Crippen molar-refractivity contribution >= 4 is 15.9 Å².